The third kappa shape index (κ3) is 3.82. The van der Waals surface area contributed by atoms with Gasteiger partial charge < -0.3 is 4.90 Å². The van der Waals surface area contributed by atoms with E-state index in [2.05, 4.69) is 31.1 Å². The van der Waals surface area contributed by atoms with E-state index in [4.69, 9.17) is 0 Å². The highest BCUT2D eigenvalue weighted by Gasteiger charge is 2.18. The lowest BCUT2D eigenvalue weighted by Crippen LogP contribution is -2.14. The third-order valence-electron chi connectivity index (χ3n) is 3.14. The van der Waals surface area contributed by atoms with Crippen LogP contribution in [0, 0.1) is 0 Å². The van der Waals surface area contributed by atoms with Crippen LogP contribution in [0.3, 0.4) is 0 Å². The predicted octanol–water partition coefficient (Wildman–Crippen LogP) is 3.76. The van der Waals surface area contributed by atoms with Gasteiger partial charge in [0.1, 0.15) is 0 Å². The summed E-state index contributed by atoms with van der Waals surface area (Å²) in [7, 11) is 3.94. The maximum atomic E-state index is 12.2. The molecule has 0 spiro atoms. The molecule has 21 heavy (non-hydrogen) atoms. The Balaban J connectivity index is 2.09. The fraction of sp³-hybridized carbons (Fsp3) is 0.375. The SMILES string of the molecule is CN(C)c1ccc(C(=O)Nc2nc(C(C)(C)C)cs2)cc1. The number of nitrogens with one attached hydrogen (secondary N) is 1. The normalized spacial score (nSPS) is 11.3. The molecule has 0 atom stereocenters. The summed E-state index contributed by atoms with van der Waals surface area (Å²) in [5.74, 6) is -0.130. The van der Waals surface area contributed by atoms with Crippen molar-refractivity contribution in [3.05, 3.63) is 40.9 Å². The molecule has 1 N–H and O–H groups in total. The number of nitrogens with zero attached hydrogens (tertiary/aromatic N) is 2. The van der Waals surface area contributed by atoms with Crippen LogP contribution < -0.4 is 10.2 Å². The first kappa shape index (κ1) is 15.5. The van der Waals surface area contributed by atoms with Crippen molar-refractivity contribution in [1.82, 2.24) is 4.98 Å². The Morgan fingerprint density at radius 2 is 1.81 bits per heavy atom. The van der Waals surface area contributed by atoms with Crippen molar-refractivity contribution in [2.45, 2.75) is 26.2 Å². The number of thiazole rings is 1. The van der Waals surface area contributed by atoms with E-state index in [0.29, 0.717) is 10.7 Å². The van der Waals surface area contributed by atoms with Gasteiger partial charge in [-0.3, -0.25) is 10.1 Å². The molecule has 2 aromatic rings. The Labute approximate surface area is 129 Å². The first-order valence-electron chi connectivity index (χ1n) is 6.82. The maximum absolute atomic E-state index is 12.2. The molecule has 0 aliphatic rings. The van der Waals surface area contributed by atoms with Crippen LogP contribution in [0.5, 0.6) is 0 Å². The van der Waals surface area contributed by atoms with Crippen molar-refractivity contribution in [3.63, 3.8) is 0 Å². The summed E-state index contributed by atoms with van der Waals surface area (Å²) >= 11 is 1.46. The first-order chi connectivity index (χ1) is 9.77. The Kier molecular flexibility index (Phi) is 4.32. The molecule has 4 nitrogen and oxygen atoms in total. The van der Waals surface area contributed by atoms with Crippen molar-refractivity contribution in [3.8, 4) is 0 Å². The molecule has 2 rings (SSSR count). The van der Waals surface area contributed by atoms with Gasteiger partial charge in [0, 0.05) is 36.1 Å². The summed E-state index contributed by atoms with van der Waals surface area (Å²) in [5, 5.41) is 5.49. The summed E-state index contributed by atoms with van der Waals surface area (Å²) < 4.78 is 0. The summed E-state index contributed by atoms with van der Waals surface area (Å²) in [6.07, 6.45) is 0. The van der Waals surface area contributed by atoms with Crippen molar-refractivity contribution in [2.75, 3.05) is 24.3 Å². The Hall–Kier alpha value is -1.88. The van der Waals surface area contributed by atoms with Crippen molar-refractivity contribution < 1.29 is 4.79 Å². The van der Waals surface area contributed by atoms with Gasteiger partial charge >= 0.3 is 0 Å². The van der Waals surface area contributed by atoms with E-state index in [1.807, 2.05) is 48.6 Å². The van der Waals surface area contributed by atoms with Gasteiger partial charge in [-0.2, -0.15) is 0 Å². The highest BCUT2D eigenvalue weighted by Crippen LogP contribution is 2.26. The van der Waals surface area contributed by atoms with Crippen LogP contribution in [-0.4, -0.2) is 25.0 Å². The quantitative estimate of drug-likeness (QED) is 0.939. The summed E-state index contributed by atoms with van der Waals surface area (Å²) in [5.41, 5.74) is 2.68. The molecule has 0 saturated carbocycles. The van der Waals surface area contributed by atoms with Gasteiger partial charge in [-0.25, -0.2) is 4.98 Å². The number of hydrogen-bond acceptors (Lipinski definition) is 4. The van der Waals surface area contributed by atoms with Crippen molar-refractivity contribution >= 4 is 28.1 Å². The summed E-state index contributed by atoms with van der Waals surface area (Å²) in [6, 6.07) is 7.50. The van der Waals surface area contributed by atoms with Crippen LogP contribution >= 0.6 is 11.3 Å². The van der Waals surface area contributed by atoms with Gasteiger partial charge in [0.25, 0.3) is 5.91 Å². The van der Waals surface area contributed by atoms with Gasteiger partial charge in [0.05, 0.1) is 5.69 Å². The molecule has 1 aromatic carbocycles. The average Bonchev–Trinajstić information content (AvgIpc) is 2.87. The molecular formula is C16H21N3OS. The van der Waals surface area contributed by atoms with Crippen molar-refractivity contribution in [1.29, 1.82) is 0 Å². The molecular weight excluding hydrogens is 282 g/mol. The lowest BCUT2D eigenvalue weighted by atomic mass is 9.93. The minimum Gasteiger partial charge on any atom is -0.378 e. The Bertz CT molecular complexity index is 624. The lowest BCUT2D eigenvalue weighted by Gasteiger charge is -2.14. The predicted molar refractivity (Wildman–Crippen MR) is 89.5 cm³/mol. The number of carbonyl (C=O) groups excluding carboxylic acids is 1. The molecule has 1 heterocycles. The highest BCUT2D eigenvalue weighted by atomic mass is 32.1. The zero-order valence-corrected chi connectivity index (χ0v) is 13.9. The van der Waals surface area contributed by atoms with Crippen LogP contribution in [-0.2, 0) is 5.41 Å². The smallest absolute Gasteiger partial charge is 0.257 e. The monoisotopic (exact) mass is 303 g/mol. The van der Waals surface area contributed by atoms with E-state index < -0.39 is 0 Å². The van der Waals surface area contributed by atoms with Gasteiger partial charge in [-0.05, 0) is 24.3 Å². The van der Waals surface area contributed by atoms with Gasteiger partial charge in [0.15, 0.2) is 5.13 Å². The van der Waals surface area contributed by atoms with E-state index in [9.17, 15) is 4.79 Å². The molecule has 0 aliphatic heterocycles. The zero-order valence-electron chi connectivity index (χ0n) is 13.1. The van der Waals surface area contributed by atoms with E-state index in [1.54, 1.807) is 0 Å². The molecule has 0 saturated heterocycles. The fourth-order valence-corrected chi connectivity index (χ4v) is 2.69. The van der Waals surface area contributed by atoms with Gasteiger partial charge in [-0.15, -0.1) is 11.3 Å². The minimum atomic E-state index is -0.130. The summed E-state index contributed by atoms with van der Waals surface area (Å²) in [6.45, 7) is 6.31. The first-order valence-corrected chi connectivity index (χ1v) is 7.70. The van der Waals surface area contributed by atoms with E-state index >= 15 is 0 Å². The van der Waals surface area contributed by atoms with Crippen LogP contribution in [0.2, 0.25) is 0 Å². The second-order valence-electron chi connectivity index (χ2n) is 6.18. The number of hydrogen-bond donors (Lipinski definition) is 1. The number of benzene rings is 1. The maximum Gasteiger partial charge on any atom is 0.257 e. The van der Waals surface area contributed by atoms with E-state index in [1.165, 1.54) is 11.3 Å². The number of rotatable bonds is 3. The number of carbonyl (C=O) groups is 1. The van der Waals surface area contributed by atoms with Crippen LogP contribution in [0.1, 0.15) is 36.8 Å². The topological polar surface area (TPSA) is 45.2 Å². The number of aromatic nitrogens is 1. The van der Waals surface area contributed by atoms with Crippen LogP contribution in [0.4, 0.5) is 10.8 Å². The molecule has 0 fully saturated rings. The molecule has 112 valence electrons. The number of anilines is 2. The molecule has 1 aromatic heterocycles. The molecule has 0 aliphatic carbocycles. The van der Waals surface area contributed by atoms with Crippen molar-refractivity contribution in [2.24, 2.45) is 0 Å². The fourth-order valence-electron chi connectivity index (χ4n) is 1.76. The highest BCUT2D eigenvalue weighted by molar-refractivity contribution is 7.14. The Morgan fingerprint density at radius 3 is 2.29 bits per heavy atom. The molecule has 5 heteroatoms. The summed E-state index contributed by atoms with van der Waals surface area (Å²) in [4.78, 5) is 18.7. The minimum absolute atomic E-state index is 0.00711. The van der Waals surface area contributed by atoms with E-state index in [0.717, 1.165) is 11.4 Å². The second-order valence-corrected chi connectivity index (χ2v) is 7.04. The molecule has 0 radical (unpaired) electrons. The third-order valence-corrected chi connectivity index (χ3v) is 3.90. The Morgan fingerprint density at radius 1 is 1.19 bits per heavy atom. The van der Waals surface area contributed by atoms with Gasteiger partial charge in [0.2, 0.25) is 0 Å². The molecule has 1 amide bonds. The zero-order chi connectivity index (χ0) is 15.6. The second kappa shape index (κ2) is 5.85. The standard InChI is InChI=1S/C16H21N3OS/c1-16(2,3)13-10-21-15(17-13)18-14(20)11-6-8-12(9-7-11)19(4)5/h6-10H,1-5H3,(H,17,18,20). The van der Waals surface area contributed by atoms with E-state index in [-0.39, 0.29) is 11.3 Å². The van der Waals surface area contributed by atoms with Gasteiger partial charge in [-0.1, -0.05) is 20.8 Å². The molecule has 0 unspecified atom stereocenters. The lowest BCUT2D eigenvalue weighted by molar-refractivity contribution is 0.102. The van der Waals surface area contributed by atoms with Crippen LogP contribution in [0.25, 0.3) is 0 Å². The largest absolute Gasteiger partial charge is 0.378 e. The van der Waals surface area contributed by atoms with Crippen LogP contribution in [0.15, 0.2) is 29.6 Å². The number of amides is 1. The average molecular weight is 303 g/mol. The molecule has 0 bridgehead atoms.